The van der Waals surface area contributed by atoms with Gasteiger partial charge in [-0.1, -0.05) is 0 Å². The van der Waals surface area contributed by atoms with Crippen LogP contribution in [0.1, 0.15) is 20.8 Å². The zero-order chi connectivity index (χ0) is 14.8. The number of nitrogens with one attached hydrogen (secondary N) is 1. The van der Waals surface area contributed by atoms with Crippen LogP contribution < -0.4 is 15.8 Å². The highest BCUT2D eigenvalue weighted by Gasteiger charge is 2.14. The Morgan fingerprint density at radius 1 is 1.35 bits per heavy atom. The molecule has 5 nitrogen and oxygen atoms in total. The second-order valence-electron chi connectivity index (χ2n) is 5.64. The van der Waals surface area contributed by atoms with Gasteiger partial charge in [-0.3, -0.25) is 9.78 Å². The van der Waals surface area contributed by atoms with Crippen molar-refractivity contribution in [1.29, 1.82) is 0 Å². The van der Waals surface area contributed by atoms with E-state index in [1.807, 2.05) is 32.9 Å². The Morgan fingerprint density at radius 3 is 2.80 bits per heavy atom. The quantitative estimate of drug-likeness (QED) is 0.840. The maximum absolute atomic E-state index is 11.8. The zero-order valence-electron chi connectivity index (χ0n) is 11.9. The number of carbonyl (C=O) groups excluding carboxylic acids is 1. The highest BCUT2D eigenvalue weighted by molar-refractivity contribution is 5.94. The Balaban J connectivity index is 2.15. The molecule has 1 amide bonds. The molecule has 2 aromatic rings. The number of nitrogens with two attached hydrogens (primary N) is 1. The number of aromatic nitrogens is 1. The van der Waals surface area contributed by atoms with Crippen molar-refractivity contribution in [2.24, 2.45) is 0 Å². The number of anilines is 1. The molecule has 0 fully saturated rings. The molecule has 0 aliphatic carbocycles. The third kappa shape index (κ3) is 3.38. The number of rotatable bonds is 3. The second-order valence-corrected chi connectivity index (χ2v) is 5.64. The maximum Gasteiger partial charge on any atom is 0.258 e. The SMILES string of the molecule is CC(C)(C)NC(=O)COc1ccc(N)c2cccnc12. The Labute approximate surface area is 118 Å². The van der Waals surface area contributed by atoms with Crippen molar-refractivity contribution >= 4 is 22.5 Å². The van der Waals surface area contributed by atoms with E-state index in [-0.39, 0.29) is 18.1 Å². The molecule has 0 radical (unpaired) electrons. The van der Waals surface area contributed by atoms with Crippen LogP contribution in [0, 0.1) is 0 Å². The fraction of sp³-hybridized carbons (Fsp3) is 0.333. The number of amides is 1. The number of benzene rings is 1. The van der Waals surface area contributed by atoms with Crippen molar-refractivity contribution in [2.75, 3.05) is 12.3 Å². The van der Waals surface area contributed by atoms with Crippen molar-refractivity contribution in [3.63, 3.8) is 0 Å². The zero-order valence-corrected chi connectivity index (χ0v) is 11.9. The average Bonchev–Trinajstić information content (AvgIpc) is 2.36. The fourth-order valence-electron chi connectivity index (χ4n) is 1.88. The van der Waals surface area contributed by atoms with Crippen molar-refractivity contribution in [1.82, 2.24) is 10.3 Å². The summed E-state index contributed by atoms with van der Waals surface area (Å²) < 4.78 is 5.55. The summed E-state index contributed by atoms with van der Waals surface area (Å²) in [5.41, 5.74) is 6.92. The number of nitrogen functional groups attached to an aromatic ring is 1. The van der Waals surface area contributed by atoms with Gasteiger partial charge in [-0.15, -0.1) is 0 Å². The van der Waals surface area contributed by atoms with Crippen LogP contribution in [-0.4, -0.2) is 23.0 Å². The summed E-state index contributed by atoms with van der Waals surface area (Å²) in [4.78, 5) is 16.0. The van der Waals surface area contributed by atoms with Gasteiger partial charge >= 0.3 is 0 Å². The smallest absolute Gasteiger partial charge is 0.258 e. The molecule has 0 atom stereocenters. The van der Waals surface area contributed by atoms with Crippen molar-refractivity contribution in [2.45, 2.75) is 26.3 Å². The lowest BCUT2D eigenvalue weighted by Crippen LogP contribution is -2.43. The number of hydrogen-bond acceptors (Lipinski definition) is 4. The number of pyridine rings is 1. The number of ether oxygens (including phenoxy) is 1. The van der Waals surface area contributed by atoms with E-state index in [1.165, 1.54) is 0 Å². The Bertz CT molecular complexity index is 633. The van der Waals surface area contributed by atoms with Gasteiger partial charge in [0.1, 0.15) is 11.3 Å². The molecule has 0 aliphatic heterocycles. The highest BCUT2D eigenvalue weighted by atomic mass is 16.5. The first-order valence-electron chi connectivity index (χ1n) is 6.44. The summed E-state index contributed by atoms with van der Waals surface area (Å²) in [7, 11) is 0. The number of hydrogen-bond donors (Lipinski definition) is 2. The first-order valence-corrected chi connectivity index (χ1v) is 6.44. The fourth-order valence-corrected chi connectivity index (χ4v) is 1.88. The molecule has 1 heterocycles. The van der Waals surface area contributed by atoms with Crippen LogP contribution in [0.3, 0.4) is 0 Å². The molecule has 1 aromatic carbocycles. The molecule has 0 aliphatic rings. The van der Waals surface area contributed by atoms with Gasteiger partial charge in [-0.05, 0) is 45.0 Å². The topological polar surface area (TPSA) is 77.2 Å². The highest BCUT2D eigenvalue weighted by Crippen LogP contribution is 2.27. The molecule has 2 rings (SSSR count). The predicted octanol–water partition coefficient (Wildman–Crippen LogP) is 2.11. The number of carbonyl (C=O) groups is 1. The van der Waals surface area contributed by atoms with Gasteiger partial charge in [0.15, 0.2) is 6.61 Å². The number of fused-ring (bicyclic) bond motifs is 1. The maximum atomic E-state index is 11.8. The molecule has 0 bridgehead atoms. The molecule has 106 valence electrons. The number of nitrogens with zero attached hydrogens (tertiary/aromatic N) is 1. The third-order valence-electron chi connectivity index (χ3n) is 2.64. The summed E-state index contributed by atoms with van der Waals surface area (Å²) in [5, 5.41) is 3.66. The van der Waals surface area contributed by atoms with E-state index in [0.29, 0.717) is 17.0 Å². The van der Waals surface area contributed by atoms with E-state index in [9.17, 15) is 4.79 Å². The summed E-state index contributed by atoms with van der Waals surface area (Å²) in [5.74, 6) is 0.386. The van der Waals surface area contributed by atoms with Crippen LogP contribution in [0.2, 0.25) is 0 Å². The van der Waals surface area contributed by atoms with Crippen LogP contribution in [0.5, 0.6) is 5.75 Å². The summed E-state index contributed by atoms with van der Waals surface area (Å²) >= 11 is 0. The van der Waals surface area contributed by atoms with Crippen molar-refractivity contribution < 1.29 is 9.53 Å². The molecule has 0 saturated heterocycles. The minimum Gasteiger partial charge on any atom is -0.481 e. The van der Waals surface area contributed by atoms with Crippen LogP contribution in [0.4, 0.5) is 5.69 Å². The first-order chi connectivity index (χ1) is 9.37. The van der Waals surface area contributed by atoms with E-state index in [0.717, 1.165) is 5.39 Å². The summed E-state index contributed by atoms with van der Waals surface area (Å²) in [6, 6.07) is 7.17. The van der Waals surface area contributed by atoms with Gasteiger partial charge in [0, 0.05) is 22.8 Å². The molecule has 0 saturated carbocycles. The van der Waals surface area contributed by atoms with Crippen LogP contribution in [-0.2, 0) is 4.79 Å². The summed E-state index contributed by atoms with van der Waals surface area (Å²) in [6.45, 7) is 5.72. The van der Waals surface area contributed by atoms with Crippen LogP contribution in [0.25, 0.3) is 10.9 Å². The molecular weight excluding hydrogens is 254 g/mol. The lowest BCUT2D eigenvalue weighted by atomic mass is 10.1. The minimum absolute atomic E-state index is 0.0487. The molecule has 0 unspecified atom stereocenters. The molecule has 20 heavy (non-hydrogen) atoms. The normalized spacial score (nSPS) is 11.3. The molecule has 5 heteroatoms. The van der Waals surface area contributed by atoms with Gasteiger partial charge in [0.05, 0.1) is 0 Å². The standard InChI is InChI=1S/C15H19N3O2/c1-15(2,3)18-13(19)9-20-12-7-6-11(16)10-5-4-8-17-14(10)12/h4-8H,9,16H2,1-3H3,(H,18,19). The van der Waals surface area contributed by atoms with E-state index in [1.54, 1.807) is 18.3 Å². The Hall–Kier alpha value is -2.30. The molecule has 0 spiro atoms. The Morgan fingerprint density at radius 2 is 2.10 bits per heavy atom. The lowest BCUT2D eigenvalue weighted by molar-refractivity contribution is -0.124. The van der Waals surface area contributed by atoms with Gasteiger partial charge in [-0.2, -0.15) is 0 Å². The largest absolute Gasteiger partial charge is 0.481 e. The van der Waals surface area contributed by atoms with E-state index < -0.39 is 0 Å². The van der Waals surface area contributed by atoms with Gasteiger partial charge < -0.3 is 15.8 Å². The van der Waals surface area contributed by atoms with Crippen LogP contribution >= 0.6 is 0 Å². The lowest BCUT2D eigenvalue weighted by Gasteiger charge is -2.20. The van der Waals surface area contributed by atoms with Gasteiger partial charge in [0.2, 0.25) is 0 Å². The van der Waals surface area contributed by atoms with E-state index in [2.05, 4.69) is 10.3 Å². The van der Waals surface area contributed by atoms with E-state index in [4.69, 9.17) is 10.5 Å². The molecular formula is C15H19N3O2. The van der Waals surface area contributed by atoms with E-state index >= 15 is 0 Å². The predicted molar refractivity (Wildman–Crippen MR) is 79.5 cm³/mol. The molecule has 1 aromatic heterocycles. The van der Waals surface area contributed by atoms with Gasteiger partial charge in [0.25, 0.3) is 5.91 Å². The van der Waals surface area contributed by atoms with Crippen molar-refractivity contribution in [3.05, 3.63) is 30.5 Å². The Kier molecular flexibility index (Phi) is 3.79. The first kappa shape index (κ1) is 14.1. The average molecular weight is 273 g/mol. The minimum atomic E-state index is -0.276. The molecule has 3 N–H and O–H groups in total. The van der Waals surface area contributed by atoms with Crippen LogP contribution in [0.15, 0.2) is 30.5 Å². The monoisotopic (exact) mass is 273 g/mol. The summed E-state index contributed by atoms with van der Waals surface area (Å²) in [6.07, 6.45) is 1.67. The van der Waals surface area contributed by atoms with Gasteiger partial charge in [-0.25, -0.2) is 0 Å². The van der Waals surface area contributed by atoms with Crippen molar-refractivity contribution in [3.8, 4) is 5.75 Å². The second kappa shape index (κ2) is 5.36. The third-order valence-corrected chi connectivity index (χ3v) is 2.64.